The summed E-state index contributed by atoms with van der Waals surface area (Å²) in [6.45, 7) is 4.80. The molecule has 1 aromatic heterocycles. The molecule has 0 saturated heterocycles. The molecule has 9 heteroatoms. The second-order valence-electron chi connectivity index (χ2n) is 5.48. The number of aryl methyl sites for hydroxylation is 1. The summed E-state index contributed by atoms with van der Waals surface area (Å²) in [6, 6.07) is 3.05. The monoisotopic (exact) mass is 338 g/mol. The highest BCUT2D eigenvalue weighted by molar-refractivity contribution is 5.92. The van der Waals surface area contributed by atoms with Gasteiger partial charge in [-0.25, -0.2) is 8.78 Å². The number of carbonyl (C=O) groups is 1. The van der Waals surface area contributed by atoms with Crippen molar-refractivity contribution in [2.75, 3.05) is 5.32 Å². The largest absolute Gasteiger partial charge is 0.326 e. The van der Waals surface area contributed by atoms with Crippen molar-refractivity contribution in [3.05, 3.63) is 51.3 Å². The number of aromatic nitrogens is 2. The average molecular weight is 338 g/mol. The number of rotatable bonds is 5. The normalized spacial score (nSPS) is 12.0. The molecule has 1 N–H and O–H groups in total. The Bertz CT molecular complexity index is 804. The van der Waals surface area contributed by atoms with Crippen molar-refractivity contribution in [3.63, 3.8) is 0 Å². The molecule has 0 aliphatic heterocycles. The van der Waals surface area contributed by atoms with Crippen molar-refractivity contribution in [2.24, 2.45) is 5.92 Å². The minimum absolute atomic E-state index is 0.0804. The van der Waals surface area contributed by atoms with E-state index in [1.165, 1.54) is 17.7 Å². The lowest BCUT2D eigenvalue weighted by Crippen LogP contribution is -2.25. The fourth-order valence-corrected chi connectivity index (χ4v) is 2.31. The van der Waals surface area contributed by atoms with Gasteiger partial charge in [-0.3, -0.25) is 19.6 Å². The van der Waals surface area contributed by atoms with Crippen molar-refractivity contribution in [3.8, 4) is 0 Å². The van der Waals surface area contributed by atoms with Gasteiger partial charge in [-0.1, -0.05) is 6.92 Å². The van der Waals surface area contributed by atoms with Crippen LogP contribution in [0, 0.1) is 41.5 Å². The lowest BCUT2D eigenvalue weighted by Gasteiger charge is -2.13. The highest BCUT2D eigenvalue weighted by atomic mass is 19.2. The summed E-state index contributed by atoms with van der Waals surface area (Å²) in [4.78, 5) is 22.6. The zero-order chi connectivity index (χ0) is 18.0. The minimum Gasteiger partial charge on any atom is -0.326 e. The molecule has 0 fully saturated rings. The van der Waals surface area contributed by atoms with Gasteiger partial charge in [-0.15, -0.1) is 0 Å². The number of nitrogens with one attached hydrogen (secondary N) is 1. The van der Waals surface area contributed by atoms with Gasteiger partial charge in [0.2, 0.25) is 5.91 Å². The van der Waals surface area contributed by atoms with E-state index >= 15 is 0 Å². The van der Waals surface area contributed by atoms with Crippen molar-refractivity contribution in [1.29, 1.82) is 0 Å². The quantitative estimate of drug-likeness (QED) is 0.670. The highest BCUT2D eigenvalue weighted by Crippen LogP contribution is 2.23. The maximum absolute atomic E-state index is 13.1. The van der Waals surface area contributed by atoms with Crippen LogP contribution in [0.25, 0.3) is 0 Å². The number of halogens is 2. The number of amides is 1. The number of hydrogen-bond acceptors (Lipinski definition) is 4. The van der Waals surface area contributed by atoms with E-state index in [1.54, 1.807) is 13.8 Å². The van der Waals surface area contributed by atoms with Crippen molar-refractivity contribution in [1.82, 2.24) is 9.78 Å². The number of benzene rings is 1. The number of anilines is 1. The highest BCUT2D eigenvalue weighted by Gasteiger charge is 2.24. The van der Waals surface area contributed by atoms with Crippen LogP contribution < -0.4 is 5.32 Å². The standard InChI is InChI=1S/C15H16F2N4O3/c1-8(7-20-10(3)14(21(23)24)9(2)19-20)15(22)18-11-4-5-12(16)13(17)6-11/h4-6,8H,7H2,1-3H3,(H,18,22)/t8-/m0/s1. The molecule has 2 aromatic rings. The lowest BCUT2D eigenvalue weighted by atomic mass is 10.1. The van der Waals surface area contributed by atoms with E-state index in [9.17, 15) is 23.7 Å². The molecule has 0 unspecified atom stereocenters. The predicted octanol–water partition coefficient (Wildman–Crippen LogP) is 2.96. The Labute approximate surface area is 136 Å². The summed E-state index contributed by atoms with van der Waals surface area (Å²) < 4.78 is 27.4. The summed E-state index contributed by atoms with van der Waals surface area (Å²) in [6.07, 6.45) is 0. The summed E-state index contributed by atoms with van der Waals surface area (Å²) in [7, 11) is 0. The van der Waals surface area contributed by atoms with Gasteiger partial charge < -0.3 is 5.32 Å². The summed E-state index contributed by atoms with van der Waals surface area (Å²) >= 11 is 0. The van der Waals surface area contributed by atoms with E-state index < -0.39 is 28.4 Å². The molecule has 0 bridgehead atoms. The second kappa shape index (κ2) is 6.73. The molecule has 128 valence electrons. The first-order chi connectivity index (χ1) is 11.2. The number of nitro groups is 1. The van der Waals surface area contributed by atoms with E-state index in [0.717, 1.165) is 12.1 Å². The van der Waals surface area contributed by atoms with Gasteiger partial charge in [0.05, 0.1) is 17.4 Å². The van der Waals surface area contributed by atoms with Crippen molar-refractivity contribution >= 4 is 17.3 Å². The Hall–Kier alpha value is -2.84. The molecule has 1 amide bonds. The fraction of sp³-hybridized carbons (Fsp3) is 0.333. The van der Waals surface area contributed by atoms with E-state index in [0.29, 0.717) is 5.69 Å². The Kier molecular flexibility index (Phi) is 4.91. The molecule has 2 rings (SSSR count). The number of hydrogen-bond donors (Lipinski definition) is 1. The van der Waals surface area contributed by atoms with Crippen LogP contribution in [-0.4, -0.2) is 20.6 Å². The van der Waals surface area contributed by atoms with Gasteiger partial charge >= 0.3 is 5.69 Å². The van der Waals surface area contributed by atoms with E-state index in [2.05, 4.69) is 10.4 Å². The molecular weight excluding hydrogens is 322 g/mol. The minimum atomic E-state index is -1.06. The zero-order valence-electron chi connectivity index (χ0n) is 13.3. The molecule has 1 atom stereocenters. The molecule has 0 aliphatic rings. The van der Waals surface area contributed by atoms with Crippen LogP contribution in [0.4, 0.5) is 20.2 Å². The average Bonchev–Trinajstić information content (AvgIpc) is 2.77. The van der Waals surface area contributed by atoms with Gasteiger partial charge in [0.1, 0.15) is 11.4 Å². The topological polar surface area (TPSA) is 90.1 Å². The third-order valence-corrected chi connectivity index (χ3v) is 3.61. The fourth-order valence-electron chi connectivity index (χ4n) is 2.31. The first-order valence-corrected chi connectivity index (χ1v) is 7.15. The molecular formula is C15H16F2N4O3. The SMILES string of the molecule is Cc1nn(C[C@H](C)C(=O)Nc2ccc(F)c(F)c2)c(C)c1[N+](=O)[O-]. The zero-order valence-corrected chi connectivity index (χ0v) is 13.3. The third kappa shape index (κ3) is 3.55. The van der Waals surface area contributed by atoms with Gasteiger partial charge in [0.15, 0.2) is 11.6 Å². The second-order valence-corrected chi connectivity index (χ2v) is 5.48. The van der Waals surface area contributed by atoms with Crippen LogP contribution in [0.2, 0.25) is 0 Å². The van der Waals surface area contributed by atoms with Crippen LogP contribution >= 0.6 is 0 Å². The Morgan fingerprint density at radius 3 is 2.58 bits per heavy atom. The molecule has 7 nitrogen and oxygen atoms in total. The van der Waals surface area contributed by atoms with E-state index in [1.807, 2.05) is 0 Å². The first kappa shape index (κ1) is 17.5. The molecule has 24 heavy (non-hydrogen) atoms. The van der Waals surface area contributed by atoms with Crippen LogP contribution in [0.5, 0.6) is 0 Å². The Morgan fingerprint density at radius 1 is 1.38 bits per heavy atom. The van der Waals surface area contributed by atoms with Crippen LogP contribution in [-0.2, 0) is 11.3 Å². The number of nitrogens with zero attached hydrogens (tertiary/aromatic N) is 3. The van der Waals surface area contributed by atoms with Gasteiger partial charge in [-0.05, 0) is 26.0 Å². The van der Waals surface area contributed by atoms with E-state index in [4.69, 9.17) is 0 Å². The summed E-state index contributed by atoms with van der Waals surface area (Å²) in [5.74, 6) is -3.09. The van der Waals surface area contributed by atoms with Crippen LogP contribution in [0.1, 0.15) is 18.3 Å². The molecule has 0 spiro atoms. The van der Waals surface area contributed by atoms with Gasteiger partial charge in [-0.2, -0.15) is 5.10 Å². The molecule has 0 radical (unpaired) electrons. The summed E-state index contributed by atoms with van der Waals surface area (Å²) in [5, 5.41) is 17.5. The maximum atomic E-state index is 13.1. The van der Waals surface area contributed by atoms with Crippen molar-refractivity contribution in [2.45, 2.75) is 27.3 Å². The maximum Gasteiger partial charge on any atom is 0.312 e. The number of carbonyl (C=O) groups excluding carboxylic acids is 1. The molecule has 1 aromatic carbocycles. The lowest BCUT2D eigenvalue weighted by molar-refractivity contribution is -0.386. The smallest absolute Gasteiger partial charge is 0.312 e. The Morgan fingerprint density at radius 2 is 2.04 bits per heavy atom. The Balaban J connectivity index is 2.10. The third-order valence-electron chi connectivity index (χ3n) is 3.61. The predicted molar refractivity (Wildman–Crippen MR) is 82.5 cm³/mol. The van der Waals surface area contributed by atoms with Gasteiger partial charge in [0, 0.05) is 11.8 Å². The molecule has 0 saturated carbocycles. The summed E-state index contributed by atoms with van der Waals surface area (Å²) in [5.41, 5.74) is 0.670. The van der Waals surface area contributed by atoms with Gasteiger partial charge in [0.25, 0.3) is 0 Å². The van der Waals surface area contributed by atoms with Crippen molar-refractivity contribution < 1.29 is 18.5 Å². The molecule has 1 heterocycles. The van der Waals surface area contributed by atoms with Crippen LogP contribution in [0.3, 0.4) is 0 Å². The molecule has 0 aliphatic carbocycles. The van der Waals surface area contributed by atoms with Crippen LogP contribution in [0.15, 0.2) is 18.2 Å². The first-order valence-electron chi connectivity index (χ1n) is 7.15. The van der Waals surface area contributed by atoms with E-state index in [-0.39, 0.29) is 23.6 Å².